The standard InChI is InChI=1S/C8H17N3/c1-7(10(3)4)9-8(2)11(5)6/h9H,1-2H2,3-6H3. The van der Waals surface area contributed by atoms with E-state index in [0.29, 0.717) is 0 Å². The summed E-state index contributed by atoms with van der Waals surface area (Å²) in [7, 11) is 7.72. The van der Waals surface area contributed by atoms with Crippen LogP contribution in [-0.2, 0) is 0 Å². The molecule has 0 unspecified atom stereocenters. The Hall–Kier alpha value is -1.12. The molecule has 0 amide bonds. The number of rotatable bonds is 4. The molecule has 64 valence electrons. The van der Waals surface area contributed by atoms with Gasteiger partial charge in [-0.05, 0) is 0 Å². The molecule has 0 bridgehead atoms. The van der Waals surface area contributed by atoms with Crippen LogP contribution in [-0.4, -0.2) is 38.0 Å². The monoisotopic (exact) mass is 155 g/mol. The van der Waals surface area contributed by atoms with E-state index in [2.05, 4.69) is 18.5 Å². The minimum absolute atomic E-state index is 0.837. The van der Waals surface area contributed by atoms with Crippen LogP contribution in [0.25, 0.3) is 0 Å². The number of nitrogens with one attached hydrogen (secondary N) is 1. The van der Waals surface area contributed by atoms with Crippen molar-refractivity contribution >= 4 is 0 Å². The molecule has 0 fully saturated rings. The molecule has 0 rings (SSSR count). The van der Waals surface area contributed by atoms with Crippen molar-refractivity contribution in [3.8, 4) is 0 Å². The summed E-state index contributed by atoms with van der Waals surface area (Å²) in [6.45, 7) is 7.61. The second-order valence-electron chi connectivity index (χ2n) is 2.81. The zero-order valence-electron chi connectivity index (χ0n) is 7.81. The molecule has 0 heterocycles. The van der Waals surface area contributed by atoms with Crippen molar-refractivity contribution < 1.29 is 0 Å². The van der Waals surface area contributed by atoms with E-state index in [1.807, 2.05) is 38.0 Å². The van der Waals surface area contributed by atoms with Gasteiger partial charge in [0.15, 0.2) is 0 Å². The average molecular weight is 155 g/mol. The van der Waals surface area contributed by atoms with Crippen molar-refractivity contribution in [1.82, 2.24) is 15.1 Å². The van der Waals surface area contributed by atoms with E-state index in [1.54, 1.807) is 0 Å². The topological polar surface area (TPSA) is 18.5 Å². The maximum Gasteiger partial charge on any atom is 0.0989 e. The highest BCUT2D eigenvalue weighted by molar-refractivity contribution is 5.00. The van der Waals surface area contributed by atoms with Crippen molar-refractivity contribution in [2.45, 2.75) is 0 Å². The molecule has 0 aromatic rings. The lowest BCUT2D eigenvalue weighted by atomic mass is 10.6. The SMILES string of the molecule is C=C(NC(=C)N(C)C)N(C)C. The van der Waals surface area contributed by atoms with Crippen LogP contribution in [0.4, 0.5) is 0 Å². The van der Waals surface area contributed by atoms with Gasteiger partial charge in [0.25, 0.3) is 0 Å². The second kappa shape index (κ2) is 3.91. The smallest absolute Gasteiger partial charge is 0.0989 e. The summed E-state index contributed by atoms with van der Waals surface area (Å²) < 4.78 is 0. The molecule has 0 aromatic heterocycles. The maximum atomic E-state index is 3.80. The lowest BCUT2D eigenvalue weighted by molar-refractivity contribution is 0.423. The van der Waals surface area contributed by atoms with Crippen molar-refractivity contribution in [1.29, 1.82) is 0 Å². The molecule has 0 spiro atoms. The van der Waals surface area contributed by atoms with Crippen molar-refractivity contribution in [3.63, 3.8) is 0 Å². The van der Waals surface area contributed by atoms with Gasteiger partial charge in [0.1, 0.15) is 0 Å². The van der Waals surface area contributed by atoms with Crippen LogP contribution in [0.15, 0.2) is 24.8 Å². The molecular weight excluding hydrogens is 138 g/mol. The molecular formula is C8H17N3. The van der Waals surface area contributed by atoms with E-state index in [1.165, 1.54) is 0 Å². The highest BCUT2D eigenvalue weighted by Crippen LogP contribution is 1.95. The summed E-state index contributed by atoms with van der Waals surface area (Å²) >= 11 is 0. The minimum atomic E-state index is 0.837. The number of hydrogen-bond acceptors (Lipinski definition) is 3. The van der Waals surface area contributed by atoms with E-state index in [9.17, 15) is 0 Å². The Morgan fingerprint density at radius 2 is 1.18 bits per heavy atom. The Bertz CT molecular complexity index is 141. The summed E-state index contributed by atoms with van der Waals surface area (Å²) in [5.41, 5.74) is 0. The Kier molecular flexibility index (Phi) is 3.51. The van der Waals surface area contributed by atoms with Crippen molar-refractivity contribution in [2.24, 2.45) is 0 Å². The number of hydrogen-bond donors (Lipinski definition) is 1. The quantitative estimate of drug-likeness (QED) is 0.643. The van der Waals surface area contributed by atoms with Crippen LogP contribution in [0.5, 0.6) is 0 Å². The zero-order valence-corrected chi connectivity index (χ0v) is 7.81. The third-order valence-corrected chi connectivity index (χ3v) is 1.37. The fraction of sp³-hybridized carbons (Fsp3) is 0.500. The lowest BCUT2D eigenvalue weighted by Gasteiger charge is -2.22. The van der Waals surface area contributed by atoms with E-state index < -0.39 is 0 Å². The fourth-order valence-corrected chi connectivity index (χ4v) is 0.390. The highest BCUT2D eigenvalue weighted by atomic mass is 15.3. The molecule has 3 nitrogen and oxygen atoms in total. The largest absolute Gasteiger partial charge is 0.365 e. The molecule has 0 saturated carbocycles. The predicted octanol–water partition coefficient (Wildman–Crippen LogP) is 0.642. The predicted molar refractivity (Wildman–Crippen MR) is 48.8 cm³/mol. The van der Waals surface area contributed by atoms with E-state index >= 15 is 0 Å². The highest BCUT2D eigenvalue weighted by Gasteiger charge is 1.98. The maximum absolute atomic E-state index is 3.80. The van der Waals surface area contributed by atoms with Gasteiger partial charge in [-0.1, -0.05) is 13.2 Å². The zero-order chi connectivity index (χ0) is 9.02. The van der Waals surface area contributed by atoms with Crippen LogP contribution < -0.4 is 5.32 Å². The minimum Gasteiger partial charge on any atom is -0.365 e. The van der Waals surface area contributed by atoms with Gasteiger partial charge in [0, 0.05) is 28.2 Å². The third kappa shape index (κ3) is 3.55. The molecule has 0 radical (unpaired) electrons. The van der Waals surface area contributed by atoms with Crippen molar-refractivity contribution in [2.75, 3.05) is 28.2 Å². The van der Waals surface area contributed by atoms with Crippen LogP contribution >= 0.6 is 0 Å². The molecule has 1 N–H and O–H groups in total. The lowest BCUT2D eigenvalue weighted by Crippen LogP contribution is -2.29. The van der Waals surface area contributed by atoms with E-state index in [4.69, 9.17) is 0 Å². The van der Waals surface area contributed by atoms with Crippen LogP contribution in [0, 0.1) is 0 Å². The summed E-state index contributed by atoms with van der Waals surface area (Å²) in [6, 6.07) is 0. The Morgan fingerprint density at radius 3 is 1.36 bits per heavy atom. The fourth-order valence-electron chi connectivity index (χ4n) is 0.390. The van der Waals surface area contributed by atoms with Crippen LogP contribution in [0.2, 0.25) is 0 Å². The Labute approximate surface area is 69.0 Å². The summed E-state index contributed by atoms with van der Waals surface area (Å²) in [6.07, 6.45) is 0. The first-order chi connectivity index (χ1) is 4.95. The summed E-state index contributed by atoms with van der Waals surface area (Å²) in [5.74, 6) is 1.67. The van der Waals surface area contributed by atoms with Gasteiger partial charge in [-0.3, -0.25) is 0 Å². The normalized spacial score (nSPS) is 8.73. The van der Waals surface area contributed by atoms with Gasteiger partial charge >= 0.3 is 0 Å². The van der Waals surface area contributed by atoms with Crippen LogP contribution in [0.1, 0.15) is 0 Å². The van der Waals surface area contributed by atoms with Gasteiger partial charge in [0.2, 0.25) is 0 Å². The molecule has 0 aliphatic heterocycles. The first-order valence-corrected chi connectivity index (χ1v) is 3.44. The first-order valence-electron chi connectivity index (χ1n) is 3.44. The van der Waals surface area contributed by atoms with Gasteiger partial charge < -0.3 is 15.1 Å². The molecule has 0 aromatic carbocycles. The van der Waals surface area contributed by atoms with E-state index in [0.717, 1.165) is 11.6 Å². The molecule has 0 aliphatic carbocycles. The van der Waals surface area contributed by atoms with Gasteiger partial charge in [-0.25, -0.2) is 0 Å². The van der Waals surface area contributed by atoms with Crippen LogP contribution in [0.3, 0.4) is 0 Å². The second-order valence-corrected chi connectivity index (χ2v) is 2.81. The molecule has 11 heavy (non-hydrogen) atoms. The molecule has 0 atom stereocenters. The molecule has 0 saturated heterocycles. The summed E-state index contributed by atoms with van der Waals surface area (Å²) in [5, 5.41) is 3.04. The molecule has 3 heteroatoms. The summed E-state index contributed by atoms with van der Waals surface area (Å²) in [4.78, 5) is 3.80. The van der Waals surface area contributed by atoms with Gasteiger partial charge in [-0.15, -0.1) is 0 Å². The Balaban J connectivity index is 3.86. The first kappa shape index (κ1) is 9.88. The Morgan fingerprint density at radius 1 is 0.909 bits per heavy atom. The average Bonchev–Trinajstić information content (AvgIpc) is 1.87. The molecule has 0 aliphatic rings. The van der Waals surface area contributed by atoms with Crippen molar-refractivity contribution in [3.05, 3.63) is 24.8 Å². The number of nitrogens with zero attached hydrogens (tertiary/aromatic N) is 2. The van der Waals surface area contributed by atoms with E-state index in [-0.39, 0.29) is 0 Å². The van der Waals surface area contributed by atoms with Gasteiger partial charge in [-0.2, -0.15) is 0 Å². The van der Waals surface area contributed by atoms with Gasteiger partial charge in [0.05, 0.1) is 11.6 Å². The third-order valence-electron chi connectivity index (χ3n) is 1.37.